The summed E-state index contributed by atoms with van der Waals surface area (Å²) in [6.45, 7) is 14.5. The number of carbonyl (C=O) groups excluding carboxylic acids is 1. The number of amides is 1. The number of nitrogens with one attached hydrogen (secondary N) is 1. The second-order valence-corrected chi connectivity index (χ2v) is 8.00. The van der Waals surface area contributed by atoms with Gasteiger partial charge in [-0.3, -0.25) is 0 Å². The van der Waals surface area contributed by atoms with Gasteiger partial charge in [-0.25, -0.2) is 4.79 Å². The predicted molar refractivity (Wildman–Crippen MR) is 99.0 cm³/mol. The minimum atomic E-state index is -0.498. The van der Waals surface area contributed by atoms with Crippen molar-refractivity contribution < 1.29 is 19.4 Å². The standard InChI is InChI=1S/C11H23NO3.C7H17NO/c1-8(2)6-9(7-13)12-10(14)15-11(3,4)5;1-6(2)4-7(8)5-9-3/h8-9,13H,6-7H2,1-5H3,(H,12,14);6-7H,4-5,8H2,1-3H3/t9-;7-/m00/s1. The molecule has 0 aromatic heterocycles. The van der Waals surface area contributed by atoms with Gasteiger partial charge in [-0.1, -0.05) is 27.7 Å². The van der Waals surface area contributed by atoms with Gasteiger partial charge in [0.05, 0.1) is 19.3 Å². The number of nitrogens with two attached hydrogens (primary N) is 1. The lowest BCUT2D eigenvalue weighted by atomic mass is 10.0. The maximum atomic E-state index is 11.4. The first-order chi connectivity index (χ1) is 10.9. The Hall–Kier alpha value is -0.850. The summed E-state index contributed by atoms with van der Waals surface area (Å²) in [5, 5.41) is 11.7. The maximum absolute atomic E-state index is 11.4. The molecule has 0 radical (unpaired) electrons. The van der Waals surface area contributed by atoms with E-state index >= 15 is 0 Å². The molecule has 0 saturated carbocycles. The van der Waals surface area contributed by atoms with Gasteiger partial charge in [0.15, 0.2) is 0 Å². The fourth-order valence-corrected chi connectivity index (χ4v) is 2.11. The van der Waals surface area contributed by atoms with Crippen LogP contribution < -0.4 is 11.1 Å². The largest absolute Gasteiger partial charge is 0.444 e. The molecule has 4 N–H and O–H groups in total. The van der Waals surface area contributed by atoms with E-state index in [9.17, 15) is 4.79 Å². The summed E-state index contributed by atoms with van der Waals surface area (Å²) < 4.78 is 9.97. The molecule has 0 fully saturated rings. The van der Waals surface area contributed by atoms with Crippen LogP contribution in [0.25, 0.3) is 0 Å². The molecule has 0 rings (SSSR count). The van der Waals surface area contributed by atoms with Gasteiger partial charge in [-0.05, 0) is 45.4 Å². The highest BCUT2D eigenvalue weighted by Crippen LogP contribution is 2.09. The summed E-state index contributed by atoms with van der Waals surface area (Å²) in [4.78, 5) is 11.4. The Kier molecular flexibility index (Phi) is 14.2. The van der Waals surface area contributed by atoms with E-state index in [-0.39, 0.29) is 18.7 Å². The summed E-state index contributed by atoms with van der Waals surface area (Å²) in [5.74, 6) is 1.10. The lowest BCUT2D eigenvalue weighted by molar-refractivity contribution is 0.0474. The number of alkyl carbamates (subject to hydrolysis) is 1. The Labute approximate surface area is 148 Å². The van der Waals surface area contributed by atoms with Gasteiger partial charge in [-0.2, -0.15) is 0 Å². The van der Waals surface area contributed by atoms with E-state index in [0.29, 0.717) is 18.4 Å². The molecule has 0 aliphatic heterocycles. The molecule has 0 bridgehead atoms. The predicted octanol–water partition coefficient (Wildman–Crippen LogP) is 2.92. The maximum Gasteiger partial charge on any atom is 0.407 e. The second kappa shape index (κ2) is 13.4. The molecule has 0 aliphatic carbocycles. The van der Waals surface area contributed by atoms with Crippen molar-refractivity contribution in [3.05, 3.63) is 0 Å². The van der Waals surface area contributed by atoms with Crippen LogP contribution in [0.4, 0.5) is 4.79 Å². The van der Waals surface area contributed by atoms with Crippen LogP contribution in [0.3, 0.4) is 0 Å². The van der Waals surface area contributed by atoms with E-state index in [2.05, 4.69) is 19.2 Å². The van der Waals surface area contributed by atoms with Gasteiger partial charge in [0, 0.05) is 13.2 Å². The van der Waals surface area contributed by atoms with Crippen LogP contribution in [0, 0.1) is 11.8 Å². The number of methoxy groups -OCH3 is 1. The molecule has 2 atom stereocenters. The van der Waals surface area contributed by atoms with E-state index in [4.69, 9.17) is 20.3 Å². The molecule has 24 heavy (non-hydrogen) atoms. The number of rotatable bonds is 8. The average Bonchev–Trinajstić information content (AvgIpc) is 2.35. The van der Waals surface area contributed by atoms with Crippen LogP contribution in [-0.4, -0.2) is 49.2 Å². The molecule has 1 amide bonds. The lowest BCUT2D eigenvalue weighted by Gasteiger charge is -2.23. The zero-order valence-corrected chi connectivity index (χ0v) is 16.9. The van der Waals surface area contributed by atoms with Crippen LogP contribution in [0.5, 0.6) is 0 Å². The molecule has 0 aromatic rings. The zero-order chi connectivity index (χ0) is 19.3. The van der Waals surface area contributed by atoms with Crippen molar-refractivity contribution in [3.8, 4) is 0 Å². The monoisotopic (exact) mass is 348 g/mol. The Bertz CT molecular complexity index is 315. The van der Waals surface area contributed by atoms with Gasteiger partial charge in [0.25, 0.3) is 0 Å². The Morgan fingerprint density at radius 2 is 1.62 bits per heavy atom. The van der Waals surface area contributed by atoms with Crippen molar-refractivity contribution in [2.75, 3.05) is 20.3 Å². The first kappa shape index (κ1) is 25.4. The van der Waals surface area contributed by atoms with Crippen LogP contribution in [0.1, 0.15) is 61.3 Å². The SMILES string of the molecule is CC(C)C[C@@H](CO)NC(=O)OC(C)(C)C.COC[C@@H](N)CC(C)C. The van der Waals surface area contributed by atoms with Crippen molar-refractivity contribution >= 4 is 6.09 Å². The van der Waals surface area contributed by atoms with E-state index in [1.807, 2.05) is 34.6 Å². The van der Waals surface area contributed by atoms with Gasteiger partial charge >= 0.3 is 6.09 Å². The molecule has 6 nitrogen and oxygen atoms in total. The van der Waals surface area contributed by atoms with Crippen molar-refractivity contribution in [2.45, 2.75) is 79.0 Å². The van der Waals surface area contributed by atoms with Crippen molar-refractivity contribution in [2.24, 2.45) is 17.6 Å². The summed E-state index contributed by atoms with van der Waals surface area (Å²) in [6.07, 6.45) is 1.33. The molecule has 146 valence electrons. The molecule has 0 unspecified atom stereocenters. The van der Waals surface area contributed by atoms with Gasteiger partial charge in [-0.15, -0.1) is 0 Å². The summed E-state index contributed by atoms with van der Waals surface area (Å²) in [5.41, 5.74) is 5.16. The first-order valence-corrected chi connectivity index (χ1v) is 8.76. The number of aliphatic hydroxyl groups excluding tert-OH is 1. The van der Waals surface area contributed by atoms with Crippen molar-refractivity contribution in [1.29, 1.82) is 0 Å². The zero-order valence-electron chi connectivity index (χ0n) is 16.9. The highest BCUT2D eigenvalue weighted by molar-refractivity contribution is 5.68. The molecule has 0 spiro atoms. The smallest absolute Gasteiger partial charge is 0.407 e. The minimum absolute atomic E-state index is 0.0581. The van der Waals surface area contributed by atoms with Crippen molar-refractivity contribution in [1.82, 2.24) is 5.32 Å². The summed E-state index contributed by atoms with van der Waals surface area (Å²) in [7, 11) is 1.68. The molecular formula is C18H40N2O4. The highest BCUT2D eigenvalue weighted by atomic mass is 16.6. The number of carbonyl (C=O) groups is 1. The van der Waals surface area contributed by atoms with Gasteiger partial charge < -0.3 is 25.6 Å². The average molecular weight is 349 g/mol. The molecule has 0 heterocycles. The number of hydrogen-bond acceptors (Lipinski definition) is 5. The second-order valence-electron chi connectivity index (χ2n) is 8.00. The van der Waals surface area contributed by atoms with Crippen LogP contribution in [0.15, 0.2) is 0 Å². The number of ether oxygens (including phenoxy) is 2. The van der Waals surface area contributed by atoms with Crippen LogP contribution >= 0.6 is 0 Å². The first-order valence-electron chi connectivity index (χ1n) is 8.76. The highest BCUT2D eigenvalue weighted by Gasteiger charge is 2.19. The van der Waals surface area contributed by atoms with E-state index < -0.39 is 11.7 Å². The van der Waals surface area contributed by atoms with Crippen molar-refractivity contribution in [3.63, 3.8) is 0 Å². The van der Waals surface area contributed by atoms with E-state index in [1.54, 1.807) is 7.11 Å². The third-order valence-electron chi connectivity index (χ3n) is 2.85. The normalized spacial score (nSPS) is 14.0. The Morgan fingerprint density at radius 3 is 1.96 bits per heavy atom. The minimum Gasteiger partial charge on any atom is -0.444 e. The Morgan fingerprint density at radius 1 is 1.12 bits per heavy atom. The molecular weight excluding hydrogens is 308 g/mol. The van der Waals surface area contributed by atoms with E-state index in [0.717, 1.165) is 12.8 Å². The summed E-state index contributed by atoms with van der Waals surface area (Å²) in [6, 6.07) is -0.00477. The number of hydrogen-bond donors (Lipinski definition) is 3. The lowest BCUT2D eigenvalue weighted by Crippen LogP contribution is -2.41. The topological polar surface area (TPSA) is 93.8 Å². The molecule has 0 aliphatic rings. The third kappa shape index (κ3) is 19.2. The molecule has 0 saturated heterocycles. The van der Waals surface area contributed by atoms with Gasteiger partial charge in [0.2, 0.25) is 0 Å². The fraction of sp³-hybridized carbons (Fsp3) is 0.944. The quantitative estimate of drug-likeness (QED) is 0.627. The Balaban J connectivity index is 0. The fourth-order valence-electron chi connectivity index (χ4n) is 2.11. The van der Waals surface area contributed by atoms with Gasteiger partial charge in [0.1, 0.15) is 5.60 Å². The number of aliphatic hydroxyl groups is 1. The van der Waals surface area contributed by atoms with Crippen LogP contribution in [0.2, 0.25) is 0 Å². The molecule has 0 aromatic carbocycles. The van der Waals surface area contributed by atoms with Crippen LogP contribution in [-0.2, 0) is 9.47 Å². The summed E-state index contributed by atoms with van der Waals surface area (Å²) >= 11 is 0. The van der Waals surface area contributed by atoms with E-state index in [1.165, 1.54) is 0 Å². The molecule has 6 heteroatoms. The third-order valence-corrected chi connectivity index (χ3v) is 2.85.